The highest BCUT2D eigenvalue weighted by Gasteiger charge is 2.23. The van der Waals surface area contributed by atoms with Gasteiger partial charge in [-0.25, -0.2) is 4.79 Å². The van der Waals surface area contributed by atoms with Gasteiger partial charge in [0.25, 0.3) is 0 Å². The van der Waals surface area contributed by atoms with Gasteiger partial charge in [0, 0.05) is 12.3 Å². The molecule has 0 unspecified atom stereocenters. The summed E-state index contributed by atoms with van der Waals surface area (Å²) in [5.74, 6) is 0.0831. The van der Waals surface area contributed by atoms with Gasteiger partial charge in [-0.15, -0.1) is 0 Å². The van der Waals surface area contributed by atoms with Crippen LogP contribution in [0.1, 0.15) is 30.6 Å². The number of amides is 1. The van der Waals surface area contributed by atoms with Gasteiger partial charge < -0.3 is 14.9 Å². The van der Waals surface area contributed by atoms with E-state index in [9.17, 15) is 15.0 Å². The first-order chi connectivity index (χ1) is 11.5. The van der Waals surface area contributed by atoms with Gasteiger partial charge in [0.2, 0.25) is 0 Å². The zero-order valence-corrected chi connectivity index (χ0v) is 13.9. The molecule has 5 nitrogen and oxygen atoms in total. The molecule has 2 aromatic carbocycles. The van der Waals surface area contributed by atoms with Gasteiger partial charge in [0.1, 0.15) is 11.9 Å². The maximum Gasteiger partial charge on any atom is 0.412 e. The van der Waals surface area contributed by atoms with Crippen LogP contribution in [0.4, 0.5) is 10.5 Å². The number of hydrogen-bond donors (Lipinski definition) is 3. The zero-order valence-electron chi connectivity index (χ0n) is 13.9. The van der Waals surface area contributed by atoms with Crippen LogP contribution in [0, 0.1) is 12.8 Å². The first-order valence-corrected chi connectivity index (χ1v) is 7.93. The lowest BCUT2D eigenvalue weighted by Crippen LogP contribution is -2.22. The smallest absolute Gasteiger partial charge is 0.412 e. The fourth-order valence-corrected chi connectivity index (χ4v) is 2.43. The molecule has 0 aliphatic heterocycles. The fourth-order valence-electron chi connectivity index (χ4n) is 2.43. The number of hydrogen-bond acceptors (Lipinski definition) is 4. The van der Waals surface area contributed by atoms with Gasteiger partial charge >= 0.3 is 6.09 Å². The Labute approximate surface area is 141 Å². The molecule has 0 saturated heterocycles. The highest BCUT2D eigenvalue weighted by atomic mass is 16.6. The van der Waals surface area contributed by atoms with E-state index in [0.29, 0.717) is 12.1 Å². The van der Waals surface area contributed by atoms with Crippen molar-refractivity contribution < 1.29 is 19.7 Å². The number of nitrogens with one attached hydrogen (secondary N) is 1. The summed E-state index contributed by atoms with van der Waals surface area (Å²) < 4.78 is 5.58. The molecular weight excluding hydrogens is 306 g/mol. The summed E-state index contributed by atoms with van der Waals surface area (Å²) in [6.45, 7) is 3.89. The monoisotopic (exact) mass is 329 g/mol. The molecule has 1 amide bonds. The van der Waals surface area contributed by atoms with E-state index in [-0.39, 0.29) is 18.3 Å². The summed E-state index contributed by atoms with van der Waals surface area (Å²) in [5, 5.41) is 21.3. The van der Waals surface area contributed by atoms with Gasteiger partial charge in [-0.05, 0) is 49.1 Å². The lowest BCUT2D eigenvalue weighted by Gasteiger charge is -2.24. The Morgan fingerprint density at radius 3 is 2.33 bits per heavy atom. The Morgan fingerprint density at radius 2 is 1.75 bits per heavy atom. The Balaban J connectivity index is 2.10. The van der Waals surface area contributed by atoms with E-state index in [1.165, 1.54) is 0 Å². The predicted octanol–water partition coefficient (Wildman–Crippen LogP) is 4.01. The number of carbonyl (C=O) groups is 1. The van der Waals surface area contributed by atoms with Gasteiger partial charge in [0.05, 0.1) is 0 Å². The molecule has 0 aliphatic carbocycles. The molecule has 5 heteroatoms. The van der Waals surface area contributed by atoms with Crippen molar-refractivity contribution in [2.75, 3.05) is 11.9 Å². The van der Waals surface area contributed by atoms with Crippen molar-refractivity contribution in [3.63, 3.8) is 0 Å². The zero-order chi connectivity index (χ0) is 17.5. The average Bonchev–Trinajstić information content (AvgIpc) is 2.56. The predicted molar refractivity (Wildman–Crippen MR) is 93.0 cm³/mol. The third-order valence-electron chi connectivity index (χ3n) is 3.85. The molecule has 2 aromatic rings. The van der Waals surface area contributed by atoms with Gasteiger partial charge in [-0.1, -0.05) is 36.8 Å². The summed E-state index contributed by atoms with van der Waals surface area (Å²) in [6.07, 6.45) is -0.562. The van der Waals surface area contributed by atoms with Crippen LogP contribution < -0.4 is 5.32 Å². The summed E-state index contributed by atoms with van der Waals surface area (Å²) >= 11 is 0. The number of phenolic OH excluding ortho intramolecular Hbond substituents is 1. The summed E-state index contributed by atoms with van der Waals surface area (Å²) in [6, 6.07) is 14.0. The van der Waals surface area contributed by atoms with Gasteiger partial charge in [-0.2, -0.15) is 0 Å². The lowest BCUT2D eigenvalue weighted by molar-refractivity contribution is 0.0667. The number of rotatable bonds is 6. The minimum atomic E-state index is -0.554. The number of ether oxygens (including phenoxy) is 1. The molecule has 0 fully saturated rings. The van der Waals surface area contributed by atoms with Crippen molar-refractivity contribution in [2.24, 2.45) is 5.92 Å². The Hall–Kier alpha value is -2.53. The van der Waals surface area contributed by atoms with Crippen LogP contribution in [-0.2, 0) is 4.74 Å². The molecule has 0 bridgehead atoms. The van der Waals surface area contributed by atoms with E-state index in [4.69, 9.17) is 4.74 Å². The highest BCUT2D eigenvalue weighted by Crippen LogP contribution is 2.30. The van der Waals surface area contributed by atoms with Crippen LogP contribution in [0.15, 0.2) is 48.5 Å². The van der Waals surface area contributed by atoms with E-state index in [1.54, 1.807) is 24.3 Å². The van der Waals surface area contributed by atoms with Crippen molar-refractivity contribution in [2.45, 2.75) is 26.4 Å². The van der Waals surface area contributed by atoms with Crippen molar-refractivity contribution in [1.29, 1.82) is 0 Å². The molecule has 0 radical (unpaired) electrons. The third kappa shape index (κ3) is 4.99. The number of phenols is 1. The number of benzene rings is 2. The quantitative estimate of drug-likeness (QED) is 0.748. The average molecular weight is 329 g/mol. The minimum Gasteiger partial charge on any atom is -0.508 e. The van der Waals surface area contributed by atoms with Crippen LogP contribution in [0.3, 0.4) is 0 Å². The summed E-state index contributed by atoms with van der Waals surface area (Å²) in [4.78, 5) is 12.2. The molecule has 2 rings (SSSR count). The fraction of sp³-hybridized carbons (Fsp3) is 0.316. The van der Waals surface area contributed by atoms with E-state index in [1.807, 2.05) is 38.1 Å². The molecule has 24 heavy (non-hydrogen) atoms. The molecule has 128 valence electrons. The van der Waals surface area contributed by atoms with Crippen LogP contribution in [0.5, 0.6) is 5.75 Å². The Bertz CT molecular complexity index is 652. The van der Waals surface area contributed by atoms with E-state index in [2.05, 4.69) is 5.32 Å². The summed E-state index contributed by atoms with van der Waals surface area (Å²) in [5.41, 5.74) is 2.53. The number of aliphatic hydroxyl groups excluding tert-OH is 1. The van der Waals surface area contributed by atoms with Crippen LogP contribution in [0.2, 0.25) is 0 Å². The SMILES string of the molecule is Cc1ccc(NC(=O)O[C@H](c2ccc(O)cc2)[C@@H](C)CCO)cc1. The molecule has 0 heterocycles. The Kier molecular flexibility index (Phi) is 6.21. The molecule has 0 aromatic heterocycles. The maximum atomic E-state index is 12.2. The van der Waals surface area contributed by atoms with E-state index < -0.39 is 12.2 Å². The number of aryl methyl sites for hydroxylation is 1. The number of aromatic hydroxyl groups is 1. The van der Waals surface area contributed by atoms with Crippen molar-refractivity contribution in [3.05, 3.63) is 59.7 Å². The standard InChI is InChI=1S/C19H23NO4/c1-13-3-7-16(8-4-13)20-19(23)24-18(14(2)11-12-21)15-5-9-17(22)10-6-15/h3-10,14,18,21-22H,11-12H2,1-2H3,(H,20,23)/t14-,18-/m0/s1. The third-order valence-corrected chi connectivity index (χ3v) is 3.85. The lowest BCUT2D eigenvalue weighted by atomic mass is 9.94. The second kappa shape index (κ2) is 8.36. The van der Waals surface area contributed by atoms with Crippen molar-refractivity contribution >= 4 is 11.8 Å². The van der Waals surface area contributed by atoms with Gasteiger partial charge in [-0.3, -0.25) is 5.32 Å². The van der Waals surface area contributed by atoms with E-state index in [0.717, 1.165) is 11.1 Å². The molecule has 0 aliphatic rings. The maximum absolute atomic E-state index is 12.2. The molecule has 0 spiro atoms. The second-order valence-corrected chi connectivity index (χ2v) is 5.90. The molecule has 0 saturated carbocycles. The largest absolute Gasteiger partial charge is 0.508 e. The molecule has 3 N–H and O–H groups in total. The minimum absolute atomic E-state index is 0.0126. The van der Waals surface area contributed by atoms with Crippen molar-refractivity contribution in [3.8, 4) is 5.75 Å². The molecule has 2 atom stereocenters. The van der Waals surface area contributed by atoms with Crippen molar-refractivity contribution in [1.82, 2.24) is 0 Å². The normalized spacial score (nSPS) is 13.1. The first kappa shape index (κ1) is 17.8. The van der Waals surface area contributed by atoms with Crippen LogP contribution >= 0.6 is 0 Å². The number of carbonyl (C=O) groups excluding carboxylic acids is 1. The Morgan fingerprint density at radius 1 is 1.12 bits per heavy atom. The van der Waals surface area contributed by atoms with Crippen LogP contribution in [-0.4, -0.2) is 22.9 Å². The topological polar surface area (TPSA) is 78.8 Å². The number of aliphatic hydroxyl groups is 1. The van der Waals surface area contributed by atoms with Crippen LogP contribution in [0.25, 0.3) is 0 Å². The first-order valence-electron chi connectivity index (χ1n) is 7.93. The number of anilines is 1. The van der Waals surface area contributed by atoms with Gasteiger partial charge in [0.15, 0.2) is 0 Å². The molecular formula is C19H23NO4. The highest BCUT2D eigenvalue weighted by molar-refractivity contribution is 5.84. The summed E-state index contributed by atoms with van der Waals surface area (Å²) in [7, 11) is 0. The second-order valence-electron chi connectivity index (χ2n) is 5.90. The van der Waals surface area contributed by atoms with E-state index >= 15 is 0 Å².